The SMILES string of the molecule is CCOCCNC(=O)CCC([NH3+])(CCC(=O)NCCOCC)CCC(=O)NCCOCC. The van der Waals surface area contributed by atoms with E-state index in [2.05, 4.69) is 21.7 Å². The van der Waals surface area contributed by atoms with Gasteiger partial charge in [0.15, 0.2) is 0 Å². The van der Waals surface area contributed by atoms with Crippen LogP contribution in [0.5, 0.6) is 0 Å². The maximum Gasteiger partial charge on any atom is 0.220 e. The molecular formula is C22H45N4O6+. The van der Waals surface area contributed by atoms with E-state index in [9.17, 15) is 14.4 Å². The van der Waals surface area contributed by atoms with Crippen molar-refractivity contribution in [2.24, 2.45) is 0 Å². The second kappa shape index (κ2) is 19.9. The Bertz CT molecular complexity index is 449. The highest BCUT2D eigenvalue weighted by molar-refractivity contribution is 5.77. The first kappa shape index (κ1) is 30.2. The van der Waals surface area contributed by atoms with E-state index in [-0.39, 0.29) is 37.0 Å². The van der Waals surface area contributed by atoms with Gasteiger partial charge in [0.25, 0.3) is 0 Å². The number of amides is 3. The molecule has 3 amide bonds. The van der Waals surface area contributed by atoms with E-state index >= 15 is 0 Å². The molecule has 10 heteroatoms. The molecule has 0 bridgehead atoms. The van der Waals surface area contributed by atoms with Crippen LogP contribution in [0.15, 0.2) is 0 Å². The molecule has 0 heterocycles. The zero-order valence-corrected chi connectivity index (χ0v) is 20.3. The van der Waals surface area contributed by atoms with Gasteiger partial charge in [-0.15, -0.1) is 0 Å². The highest BCUT2D eigenvalue weighted by Gasteiger charge is 2.31. The van der Waals surface area contributed by atoms with Gasteiger partial charge in [0.2, 0.25) is 17.7 Å². The lowest BCUT2D eigenvalue weighted by molar-refractivity contribution is -0.483. The summed E-state index contributed by atoms with van der Waals surface area (Å²) in [5, 5.41) is 8.46. The van der Waals surface area contributed by atoms with Gasteiger partial charge in [-0.3, -0.25) is 14.4 Å². The third-order valence-corrected chi connectivity index (χ3v) is 4.97. The predicted molar refractivity (Wildman–Crippen MR) is 122 cm³/mol. The van der Waals surface area contributed by atoms with Crippen molar-refractivity contribution < 1.29 is 34.3 Å². The minimum atomic E-state index is -0.550. The highest BCUT2D eigenvalue weighted by atomic mass is 16.5. The zero-order valence-electron chi connectivity index (χ0n) is 20.3. The Hall–Kier alpha value is -1.75. The number of carbonyl (C=O) groups excluding carboxylic acids is 3. The molecule has 0 saturated heterocycles. The van der Waals surface area contributed by atoms with E-state index in [4.69, 9.17) is 14.2 Å². The quantitative estimate of drug-likeness (QED) is 0.174. The molecule has 32 heavy (non-hydrogen) atoms. The van der Waals surface area contributed by atoms with Crippen molar-refractivity contribution in [1.82, 2.24) is 16.0 Å². The molecule has 0 aliphatic heterocycles. The minimum absolute atomic E-state index is 0.0833. The van der Waals surface area contributed by atoms with E-state index in [1.54, 1.807) is 0 Å². The van der Waals surface area contributed by atoms with Crippen molar-refractivity contribution in [2.75, 3.05) is 59.3 Å². The Morgan fingerprint density at radius 1 is 0.625 bits per heavy atom. The Balaban J connectivity index is 4.59. The first-order chi connectivity index (χ1) is 15.4. The van der Waals surface area contributed by atoms with Crippen LogP contribution in [0.25, 0.3) is 0 Å². The second-order valence-corrected chi connectivity index (χ2v) is 7.64. The van der Waals surface area contributed by atoms with Gasteiger partial charge < -0.3 is 35.9 Å². The fourth-order valence-electron chi connectivity index (χ4n) is 3.00. The molecule has 10 nitrogen and oxygen atoms in total. The molecule has 0 radical (unpaired) electrons. The summed E-state index contributed by atoms with van der Waals surface area (Å²) in [5.74, 6) is -0.250. The van der Waals surface area contributed by atoms with Crippen molar-refractivity contribution in [2.45, 2.75) is 64.8 Å². The standard InChI is InChI=1S/C22H44N4O6/c1-4-30-16-13-24-19(27)7-10-22(23,11-8-20(28)25-14-17-31-5-2)12-9-21(29)26-15-18-32-6-3/h4-18,23H2,1-3H3,(H,24,27)(H,25,28)(H,26,29)/p+1. The topological polar surface area (TPSA) is 143 Å². The van der Waals surface area contributed by atoms with Crippen LogP contribution in [-0.4, -0.2) is 82.5 Å². The molecule has 0 unspecified atom stereocenters. The molecule has 0 spiro atoms. The van der Waals surface area contributed by atoms with Crippen molar-refractivity contribution in [1.29, 1.82) is 0 Å². The van der Waals surface area contributed by atoms with Gasteiger partial charge in [-0.25, -0.2) is 0 Å². The van der Waals surface area contributed by atoms with Gasteiger partial charge in [0.05, 0.1) is 25.4 Å². The lowest BCUT2D eigenvalue weighted by Gasteiger charge is -2.25. The molecule has 0 aliphatic rings. The number of rotatable bonds is 21. The summed E-state index contributed by atoms with van der Waals surface area (Å²) in [5.41, 5.74) is 3.75. The first-order valence-electron chi connectivity index (χ1n) is 11.8. The number of quaternary nitrogens is 1. The van der Waals surface area contributed by atoms with Gasteiger partial charge in [-0.2, -0.15) is 0 Å². The molecule has 188 valence electrons. The van der Waals surface area contributed by atoms with E-state index in [1.807, 2.05) is 20.8 Å². The maximum atomic E-state index is 12.2. The number of carbonyl (C=O) groups is 3. The van der Waals surface area contributed by atoms with Crippen molar-refractivity contribution in [3.63, 3.8) is 0 Å². The van der Waals surface area contributed by atoms with Crippen LogP contribution < -0.4 is 21.7 Å². The fourth-order valence-corrected chi connectivity index (χ4v) is 3.00. The Morgan fingerprint density at radius 2 is 0.906 bits per heavy atom. The molecule has 6 N–H and O–H groups in total. The summed E-state index contributed by atoms with van der Waals surface area (Å²) in [4.78, 5) is 36.5. The van der Waals surface area contributed by atoms with Gasteiger partial charge in [-0.05, 0) is 20.8 Å². The molecule has 0 aliphatic carbocycles. The first-order valence-corrected chi connectivity index (χ1v) is 11.8. The Labute approximate surface area is 192 Å². The number of nitrogens with one attached hydrogen (secondary N) is 3. The zero-order chi connectivity index (χ0) is 24.1. The molecule has 0 aromatic carbocycles. The van der Waals surface area contributed by atoms with Gasteiger partial charge >= 0.3 is 0 Å². The summed E-state index contributed by atoms with van der Waals surface area (Å²) in [7, 11) is 0. The van der Waals surface area contributed by atoms with Gasteiger partial charge in [-0.1, -0.05) is 0 Å². The maximum absolute atomic E-state index is 12.2. The summed E-state index contributed by atoms with van der Waals surface area (Å²) < 4.78 is 15.7. The third kappa shape index (κ3) is 17.9. The van der Waals surface area contributed by atoms with Crippen molar-refractivity contribution >= 4 is 17.7 Å². The van der Waals surface area contributed by atoms with Crippen LogP contribution in [0, 0.1) is 0 Å². The van der Waals surface area contributed by atoms with Crippen molar-refractivity contribution in [3.05, 3.63) is 0 Å². The number of ether oxygens (including phenoxy) is 3. The lowest BCUT2D eigenvalue weighted by Crippen LogP contribution is -2.73. The van der Waals surface area contributed by atoms with E-state index < -0.39 is 5.54 Å². The van der Waals surface area contributed by atoms with Crippen LogP contribution in [0.3, 0.4) is 0 Å². The summed E-state index contributed by atoms with van der Waals surface area (Å²) in [6, 6.07) is 0. The van der Waals surface area contributed by atoms with Crippen molar-refractivity contribution in [3.8, 4) is 0 Å². The molecular weight excluding hydrogens is 416 g/mol. The highest BCUT2D eigenvalue weighted by Crippen LogP contribution is 2.21. The normalized spacial score (nSPS) is 11.2. The number of hydrogen-bond acceptors (Lipinski definition) is 6. The average Bonchev–Trinajstić information content (AvgIpc) is 2.78. The van der Waals surface area contributed by atoms with Crippen LogP contribution >= 0.6 is 0 Å². The fraction of sp³-hybridized carbons (Fsp3) is 0.864. The van der Waals surface area contributed by atoms with E-state index in [0.29, 0.717) is 78.5 Å². The molecule has 0 aromatic rings. The largest absolute Gasteiger partial charge is 0.380 e. The smallest absolute Gasteiger partial charge is 0.220 e. The van der Waals surface area contributed by atoms with Crippen LogP contribution in [0.2, 0.25) is 0 Å². The summed E-state index contributed by atoms with van der Waals surface area (Å²) in [6.07, 6.45) is 2.33. The third-order valence-electron chi connectivity index (χ3n) is 4.97. The Kier molecular flexibility index (Phi) is 18.8. The van der Waals surface area contributed by atoms with Gasteiger partial charge in [0, 0.05) is 78.0 Å². The monoisotopic (exact) mass is 461 g/mol. The molecule has 0 rings (SSSR count). The Morgan fingerprint density at radius 3 is 1.16 bits per heavy atom. The number of hydrogen-bond donors (Lipinski definition) is 4. The molecule has 0 saturated carbocycles. The minimum Gasteiger partial charge on any atom is -0.380 e. The predicted octanol–water partition coefficient (Wildman–Crippen LogP) is -0.234. The van der Waals surface area contributed by atoms with Crippen LogP contribution in [0.4, 0.5) is 0 Å². The van der Waals surface area contributed by atoms with E-state index in [0.717, 1.165) is 0 Å². The lowest BCUT2D eigenvalue weighted by atomic mass is 9.84. The second-order valence-electron chi connectivity index (χ2n) is 7.64. The van der Waals surface area contributed by atoms with Crippen LogP contribution in [0.1, 0.15) is 59.3 Å². The van der Waals surface area contributed by atoms with Gasteiger partial charge in [0.1, 0.15) is 0 Å². The summed E-state index contributed by atoms with van der Waals surface area (Å²) in [6.45, 7) is 10.3. The molecule has 0 aromatic heterocycles. The van der Waals surface area contributed by atoms with Crippen LogP contribution in [-0.2, 0) is 28.6 Å². The van der Waals surface area contributed by atoms with E-state index in [1.165, 1.54) is 0 Å². The molecule has 0 atom stereocenters. The molecule has 0 fully saturated rings. The summed E-state index contributed by atoms with van der Waals surface area (Å²) >= 11 is 0. The average molecular weight is 462 g/mol.